The lowest BCUT2D eigenvalue weighted by atomic mass is 10.3. The van der Waals surface area contributed by atoms with Crippen LogP contribution in [0.25, 0.3) is 0 Å². The molecule has 0 saturated carbocycles. The molecule has 0 radical (unpaired) electrons. The monoisotopic (exact) mass is 314 g/mol. The van der Waals surface area contributed by atoms with E-state index in [2.05, 4.69) is 15.5 Å². The summed E-state index contributed by atoms with van der Waals surface area (Å²) in [6.07, 6.45) is 2.56. The van der Waals surface area contributed by atoms with Crippen molar-refractivity contribution in [2.45, 2.75) is 44.8 Å². The molecule has 118 valence electrons. The molecular weight excluding hydrogens is 292 g/mol. The van der Waals surface area contributed by atoms with Crippen LogP contribution in [-0.4, -0.2) is 45.5 Å². The number of hydrogen-bond acceptors (Lipinski definition) is 6. The smallest absolute Gasteiger partial charge is 0.305 e. The first-order chi connectivity index (χ1) is 10.0. The molecule has 8 heteroatoms. The molecule has 0 aliphatic rings. The van der Waals surface area contributed by atoms with Gasteiger partial charge in [0.25, 0.3) is 0 Å². The van der Waals surface area contributed by atoms with E-state index in [4.69, 9.17) is 4.74 Å². The molecule has 1 aromatic heterocycles. The second-order valence-corrected chi connectivity index (χ2v) is 5.60. The molecule has 0 aromatic carbocycles. The van der Waals surface area contributed by atoms with E-state index in [9.17, 15) is 9.59 Å². The third kappa shape index (κ3) is 6.61. The summed E-state index contributed by atoms with van der Waals surface area (Å²) in [7, 11) is 0. The predicted octanol–water partition coefficient (Wildman–Crippen LogP) is 1.41. The highest BCUT2D eigenvalue weighted by atomic mass is 32.2. The highest BCUT2D eigenvalue weighted by Gasteiger charge is 2.10. The normalized spacial score (nSPS) is 10.7. The van der Waals surface area contributed by atoms with Gasteiger partial charge >= 0.3 is 5.97 Å². The number of thioether (sulfide) groups is 1. The summed E-state index contributed by atoms with van der Waals surface area (Å²) in [6, 6.07) is 0.259. The number of carbonyl (C=O) groups is 2. The van der Waals surface area contributed by atoms with Crippen molar-refractivity contribution in [2.24, 2.45) is 0 Å². The fourth-order valence-corrected chi connectivity index (χ4v) is 2.44. The lowest BCUT2D eigenvalue weighted by Crippen LogP contribution is -2.26. The zero-order valence-electron chi connectivity index (χ0n) is 12.7. The molecule has 0 fully saturated rings. The third-order valence-corrected chi connectivity index (χ3v) is 3.57. The molecule has 0 atom stereocenters. The van der Waals surface area contributed by atoms with Gasteiger partial charge in [-0.15, -0.1) is 10.2 Å². The van der Waals surface area contributed by atoms with E-state index in [1.165, 1.54) is 11.8 Å². The van der Waals surface area contributed by atoms with Gasteiger partial charge in [0.15, 0.2) is 5.16 Å². The van der Waals surface area contributed by atoms with E-state index in [0.29, 0.717) is 26.0 Å². The Bertz CT molecular complexity index is 462. The highest BCUT2D eigenvalue weighted by molar-refractivity contribution is 7.99. The van der Waals surface area contributed by atoms with Crippen LogP contribution in [0.15, 0.2) is 11.5 Å². The van der Waals surface area contributed by atoms with Gasteiger partial charge in [-0.25, -0.2) is 0 Å². The summed E-state index contributed by atoms with van der Waals surface area (Å²) in [4.78, 5) is 22.8. The minimum atomic E-state index is -0.230. The summed E-state index contributed by atoms with van der Waals surface area (Å²) < 4.78 is 6.72. The first kappa shape index (κ1) is 17.5. The lowest BCUT2D eigenvalue weighted by molar-refractivity contribution is -0.143. The van der Waals surface area contributed by atoms with E-state index in [1.54, 1.807) is 13.3 Å². The quantitative estimate of drug-likeness (QED) is 0.421. The van der Waals surface area contributed by atoms with Gasteiger partial charge in [0, 0.05) is 19.0 Å². The van der Waals surface area contributed by atoms with Crippen molar-refractivity contribution in [2.75, 3.05) is 18.9 Å². The molecule has 0 aliphatic heterocycles. The number of nitrogens with zero attached hydrogens (tertiary/aromatic N) is 3. The predicted molar refractivity (Wildman–Crippen MR) is 80.0 cm³/mol. The van der Waals surface area contributed by atoms with Crippen molar-refractivity contribution in [3.63, 3.8) is 0 Å². The second-order valence-electron chi connectivity index (χ2n) is 4.66. The fourth-order valence-electron chi connectivity index (χ4n) is 1.56. The lowest BCUT2D eigenvalue weighted by Gasteiger charge is -2.09. The Labute approximate surface area is 128 Å². The van der Waals surface area contributed by atoms with Crippen molar-refractivity contribution in [1.29, 1.82) is 0 Å². The molecule has 0 bridgehead atoms. The largest absolute Gasteiger partial charge is 0.466 e. The van der Waals surface area contributed by atoms with Gasteiger partial charge in [0.1, 0.15) is 6.33 Å². The van der Waals surface area contributed by atoms with Gasteiger partial charge in [-0.3, -0.25) is 9.59 Å². The zero-order chi connectivity index (χ0) is 15.7. The van der Waals surface area contributed by atoms with Crippen molar-refractivity contribution in [1.82, 2.24) is 20.1 Å². The van der Waals surface area contributed by atoms with Crippen LogP contribution in [0.1, 0.15) is 39.7 Å². The van der Waals surface area contributed by atoms with E-state index < -0.39 is 0 Å². The molecule has 7 nitrogen and oxygen atoms in total. The third-order valence-electron chi connectivity index (χ3n) is 2.61. The second kappa shape index (κ2) is 9.38. The molecular formula is C13H22N4O3S. The molecule has 0 spiro atoms. The molecule has 21 heavy (non-hydrogen) atoms. The minimum absolute atomic E-state index is 0.0813. The maximum absolute atomic E-state index is 11.7. The zero-order valence-corrected chi connectivity index (χ0v) is 13.5. The van der Waals surface area contributed by atoms with Gasteiger partial charge < -0.3 is 14.6 Å². The number of nitrogens with one attached hydrogen (secondary N) is 1. The van der Waals surface area contributed by atoms with Gasteiger partial charge in [0.05, 0.1) is 12.4 Å². The van der Waals surface area contributed by atoms with E-state index in [0.717, 1.165) is 5.16 Å². The summed E-state index contributed by atoms with van der Waals surface area (Å²) in [5.41, 5.74) is 0. The minimum Gasteiger partial charge on any atom is -0.466 e. The maximum Gasteiger partial charge on any atom is 0.305 e. The van der Waals surface area contributed by atoms with Crippen LogP contribution in [0.5, 0.6) is 0 Å². The topological polar surface area (TPSA) is 86.1 Å². The van der Waals surface area contributed by atoms with Crippen LogP contribution in [0.4, 0.5) is 0 Å². The fraction of sp³-hybridized carbons (Fsp3) is 0.692. The van der Waals surface area contributed by atoms with Gasteiger partial charge in [-0.2, -0.15) is 0 Å². The molecule has 1 heterocycles. The summed E-state index contributed by atoms with van der Waals surface area (Å²) in [5, 5.41) is 11.3. The number of ether oxygens (including phenoxy) is 1. The molecule has 1 amide bonds. The Kier molecular flexibility index (Phi) is 7.81. The SMILES string of the molecule is CCOC(=O)CCCNC(=O)CSc1nncn1C(C)C. The summed E-state index contributed by atoms with van der Waals surface area (Å²) in [6.45, 7) is 6.69. The Morgan fingerprint density at radius 2 is 2.24 bits per heavy atom. The van der Waals surface area contributed by atoms with E-state index in [1.807, 2.05) is 18.4 Å². The van der Waals surface area contributed by atoms with E-state index >= 15 is 0 Å². The number of amides is 1. The molecule has 0 unspecified atom stereocenters. The van der Waals surface area contributed by atoms with Crippen LogP contribution in [0.2, 0.25) is 0 Å². The Morgan fingerprint density at radius 1 is 1.48 bits per heavy atom. The van der Waals surface area contributed by atoms with Crippen molar-refractivity contribution in [3.05, 3.63) is 6.33 Å². The highest BCUT2D eigenvalue weighted by Crippen LogP contribution is 2.18. The van der Waals surface area contributed by atoms with Crippen LogP contribution in [-0.2, 0) is 14.3 Å². The van der Waals surface area contributed by atoms with Gasteiger partial charge in [0.2, 0.25) is 5.91 Å². The number of aromatic nitrogens is 3. The van der Waals surface area contributed by atoms with E-state index in [-0.39, 0.29) is 23.7 Å². The molecule has 1 N–H and O–H groups in total. The Morgan fingerprint density at radius 3 is 2.90 bits per heavy atom. The van der Waals surface area contributed by atoms with Gasteiger partial charge in [-0.1, -0.05) is 11.8 Å². The first-order valence-electron chi connectivity index (χ1n) is 6.99. The molecule has 1 rings (SSSR count). The number of esters is 1. The number of carbonyl (C=O) groups excluding carboxylic acids is 2. The maximum atomic E-state index is 11.7. The summed E-state index contributed by atoms with van der Waals surface area (Å²) in [5.74, 6) is -0.0292. The molecule has 1 aromatic rings. The van der Waals surface area contributed by atoms with Crippen LogP contribution < -0.4 is 5.32 Å². The van der Waals surface area contributed by atoms with Crippen LogP contribution in [0.3, 0.4) is 0 Å². The van der Waals surface area contributed by atoms with Crippen LogP contribution >= 0.6 is 11.8 Å². The first-order valence-corrected chi connectivity index (χ1v) is 7.97. The van der Waals surface area contributed by atoms with Crippen LogP contribution in [0, 0.1) is 0 Å². The number of hydrogen-bond donors (Lipinski definition) is 1. The molecule has 0 aliphatic carbocycles. The van der Waals surface area contributed by atoms with Crippen molar-refractivity contribution in [3.8, 4) is 0 Å². The summed E-state index contributed by atoms with van der Waals surface area (Å²) >= 11 is 1.35. The van der Waals surface area contributed by atoms with Crippen molar-refractivity contribution < 1.29 is 14.3 Å². The Balaban J connectivity index is 2.19. The standard InChI is InChI=1S/C13H22N4O3S/c1-4-20-12(19)6-5-7-14-11(18)8-21-13-16-15-9-17(13)10(2)3/h9-10H,4-8H2,1-3H3,(H,14,18). The number of rotatable bonds is 9. The molecule has 0 saturated heterocycles. The average molecular weight is 314 g/mol. The van der Waals surface area contributed by atoms with Crippen molar-refractivity contribution >= 4 is 23.6 Å². The Hall–Kier alpha value is -1.57. The van der Waals surface area contributed by atoms with Gasteiger partial charge in [-0.05, 0) is 27.2 Å². The average Bonchev–Trinajstić information content (AvgIpc) is 2.90.